The van der Waals surface area contributed by atoms with Gasteiger partial charge in [0.05, 0.1) is 17.2 Å². The molecule has 2 saturated heterocycles. The molecule has 0 bridgehead atoms. The smallest absolute Gasteiger partial charge is 0.262 e. The van der Waals surface area contributed by atoms with Gasteiger partial charge < -0.3 is 10.6 Å². The first kappa shape index (κ1) is 20.2. The molecule has 0 aliphatic carbocycles. The van der Waals surface area contributed by atoms with Gasteiger partial charge in [-0.05, 0) is 60.5 Å². The Morgan fingerprint density at radius 1 is 1.03 bits per heavy atom. The maximum Gasteiger partial charge on any atom is 0.262 e. The van der Waals surface area contributed by atoms with Crippen LogP contribution in [0, 0.1) is 0 Å². The van der Waals surface area contributed by atoms with Crippen LogP contribution in [0.4, 0.5) is 5.95 Å². The first-order valence-corrected chi connectivity index (χ1v) is 10.6. The number of nitrogens with zero attached hydrogens (tertiary/aromatic N) is 5. The third kappa shape index (κ3) is 3.51. The van der Waals surface area contributed by atoms with Gasteiger partial charge in [0.2, 0.25) is 17.8 Å². The molecule has 166 valence electrons. The predicted octanol–water partition coefficient (Wildman–Crippen LogP) is -0.389. The number of hydrogen-bond donors (Lipinski definition) is 3. The Kier molecular flexibility index (Phi) is 5.13. The molecule has 1 aromatic heterocycles. The number of aromatic nitrogens is 4. The first-order chi connectivity index (χ1) is 15.5. The molecule has 3 N–H and O–H groups in total. The fourth-order valence-corrected chi connectivity index (χ4v) is 4.42. The number of piperidine rings is 2. The highest BCUT2D eigenvalue weighted by atomic mass is 16.2. The number of carbonyl (C=O) groups is 4. The minimum absolute atomic E-state index is 0.0881. The van der Waals surface area contributed by atoms with Crippen LogP contribution in [0.15, 0.2) is 18.2 Å². The molecule has 0 radical (unpaired) electrons. The lowest BCUT2D eigenvalue weighted by Crippen LogP contribution is -2.54. The molecule has 2 aromatic rings. The van der Waals surface area contributed by atoms with E-state index in [-0.39, 0.29) is 30.0 Å². The van der Waals surface area contributed by atoms with E-state index in [4.69, 9.17) is 0 Å². The SMILES string of the molecule is O=C1CCC(N2C(=O)c3ccc(CNc4nnnn4C4CCNCC4)cc3C2=O)C(=O)N1. The zero-order valence-corrected chi connectivity index (χ0v) is 17.2. The largest absolute Gasteiger partial charge is 0.349 e. The van der Waals surface area contributed by atoms with Crippen molar-refractivity contribution in [3.8, 4) is 0 Å². The molecule has 1 aromatic carbocycles. The van der Waals surface area contributed by atoms with Gasteiger partial charge in [0, 0.05) is 13.0 Å². The Labute approximate surface area is 182 Å². The quantitative estimate of drug-likeness (QED) is 0.530. The van der Waals surface area contributed by atoms with Crippen LogP contribution in [0.2, 0.25) is 0 Å². The minimum Gasteiger partial charge on any atom is -0.349 e. The van der Waals surface area contributed by atoms with Gasteiger partial charge >= 0.3 is 0 Å². The van der Waals surface area contributed by atoms with Crippen LogP contribution >= 0.6 is 0 Å². The van der Waals surface area contributed by atoms with Gasteiger partial charge in [0.1, 0.15) is 6.04 Å². The van der Waals surface area contributed by atoms with Crippen molar-refractivity contribution in [2.75, 3.05) is 18.4 Å². The van der Waals surface area contributed by atoms with Crippen molar-refractivity contribution in [1.29, 1.82) is 0 Å². The van der Waals surface area contributed by atoms with Gasteiger partial charge in [-0.15, -0.1) is 0 Å². The molecule has 3 aliphatic heterocycles. The van der Waals surface area contributed by atoms with Crippen molar-refractivity contribution >= 4 is 29.6 Å². The topological polar surface area (TPSA) is 151 Å². The molecule has 0 spiro atoms. The van der Waals surface area contributed by atoms with Gasteiger partial charge in [-0.25, -0.2) is 4.68 Å². The molecule has 32 heavy (non-hydrogen) atoms. The average molecular weight is 438 g/mol. The molecular formula is C20H22N8O4. The van der Waals surface area contributed by atoms with E-state index in [9.17, 15) is 19.2 Å². The number of benzene rings is 1. The Morgan fingerprint density at radius 3 is 2.59 bits per heavy atom. The Balaban J connectivity index is 1.31. The molecule has 12 heteroatoms. The summed E-state index contributed by atoms with van der Waals surface area (Å²) in [5, 5.41) is 20.7. The number of nitrogens with one attached hydrogen (secondary N) is 3. The van der Waals surface area contributed by atoms with E-state index < -0.39 is 29.7 Å². The highest BCUT2D eigenvalue weighted by Crippen LogP contribution is 2.28. The van der Waals surface area contributed by atoms with Crippen LogP contribution in [0.3, 0.4) is 0 Å². The molecular weight excluding hydrogens is 416 g/mol. The third-order valence-electron chi connectivity index (χ3n) is 6.10. The Bertz CT molecular complexity index is 1110. The number of fused-ring (bicyclic) bond motifs is 1. The summed E-state index contributed by atoms with van der Waals surface area (Å²) in [7, 11) is 0. The van der Waals surface area contributed by atoms with Gasteiger partial charge in [-0.1, -0.05) is 11.2 Å². The van der Waals surface area contributed by atoms with E-state index in [1.54, 1.807) is 22.9 Å². The number of anilines is 1. The number of hydrogen-bond acceptors (Lipinski definition) is 9. The maximum atomic E-state index is 13.0. The average Bonchev–Trinajstić information content (AvgIpc) is 3.36. The van der Waals surface area contributed by atoms with Crippen LogP contribution in [-0.2, 0) is 16.1 Å². The van der Waals surface area contributed by atoms with E-state index in [0.717, 1.165) is 36.4 Å². The molecule has 1 atom stereocenters. The summed E-state index contributed by atoms with van der Waals surface area (Å²) in [5.74, 6) is -1.52. The lowest BCUT2D eigenvalue weighted by Gasteiger charge is -2.27. The van der Waals surface area contributed by atoms with Gasteiger partial charge in [0.15, 0.2) is 0 Å². The monoisotopic (exact) mass is 438 g/mol. The van der Waals surface area contributed by atoms with Crippen molar-refractivity contribution < 1.29 is 19.2 Å². The number of amides is 4. The molecule has 3 aliphatic rings. The molecule has 1 unspecified atom stereocenters. The van der Waals surface area contributed by atoms with Crippen molar-refractivity contribution in [2.45, 2.75) is 44.3 Å². The predicted molar refractivity (Wildman–Crippen MR) is 109 cm³/mol. The van der Waals surface area contributed by atoms with Crippen LogP contribution in [0.1, 0.15) is 58.0 Å². The van der Waals surface area contributed by atoms with E-state index in [1.165, 1.54) is 0 Å². The van der Waals surface area contributed by atoms with Gasteiger partial charge in [-0.3, -0.25) is 29.4 Å². The van der Waals surface area contributed by atoms with Gasteiger partial charge in [0.25, 0.3) is 11.8 Å². The number of rotatable bonds is 5. The summed E-state index contributed by atoms with van der Waals surface area (Å²) in [6, 6.07) is 4.23. The Morgan fingerprint density at radius 2 is 1.81 bits per heavy atom. The van der Waals surface area contributed by atoms with E-state index in [2.05, 4.69) is 31.5 Å². The van der Waals surface area contributed by atoms with Crippen LogP contribution in [-0.4, -0.2) is 67.9 Å². The van der Waals surface area contributed by atoms with Crippen LogP contribution < -0.4 is 16.0 Å². The lowest BCUT2D eigenvalue weighted by molar-refractivity contribution is -0.136. The molecule has 12 nitrogen and oxygen atoms in total. The molecule has 2 fully saturated rings. The van der Waals surface area contributed by atoms with E-state index in [1.807, 2.05) is 0 Å². The summed E-state index contributed by atoms with van der Waals surface area (Å²) in [4.78, 5) is 50.3. The molecule has 4 heterocycles. The summed E-state index contributed by atoms with van der Waals surface area (Å²) in [6.07, 6.45) is 2.09. The summed E-state index contributed by atoms with van der Waals surface area (Å²) in [6.45, 7) is 2.18. The second-order valence-electron chi connectivity index (χ2n) is 8.11. The second kappa shape index (κ2) is 8.11. The molecule has 5 rings (SSSR count). The number of imide groups is 2. The van der Waals surface area contributed by atoms with E-state index >= 15 is 0 Å². The minimum atomic E-state index is -0.976. The Hall–Kier alpha value is -3.67. The van der Waals surface area contributed by atoms with E-state index in [0.29, 0.717) is 12.5 Å². The van der Waals surface area contributed by atoms with Crippen LogP contribution in [0.25, 0.3) is 0 Å². The fourth-order valence-electron chi connectivity index (χ4n) is 4.42. The number of carbonyl (C=O) groups excluding carboxylic acids is 4. The second-order valence-corrected chi connectivity index (χ2v) is 8.11. The summed E-state index contributed by atoms with van der Waals surface area (Å²) >= 11 is 0. The highest BCUT2D eigenvalue weighted by molar-refractivity contribution is 6.23. The number of tetrazole rings is 1. The van der Waals surface area contributed by atoms with Crippen molar-refractivity contribution in [1.82, 2.24) is 35.7 Å². The zero-order valence-electron chi connectivity index (χ0n) is 17.2. The van der Waals surface area contributed by atoms with Crippen LogP contribution in [0.5, 0.6) is 0 Å². The molecule has 0 saturated carbocycles. The third-order valence-corrected chi connectivity index (χ3v) is 6.10. The summed E-state index contributed by atoms with van der Waals surface area (Å²) < 4.78 is 1.79. The summed E-state index contributed by atoms with van der Waals surface area (Å²) in [5.41, 5.74) is 1.27. The molecule has 4 amide bonds. The highest BCUT2D eigenvalue weighted by Gasteiger charge is 2.44. The standard InChI is InChI=1S/C20H22N8O4/c29-16-4-3-15(17(30)23-16)27-18(31)13-2-1-11(9-14(13)19(27)32)10-22-20-24-25-26-28(20)12-5-7-21-8-6-12/h1-2,9,12,15,21H,3-8,10H2,(H,22,24,26)(H,23,29,30). The van der Waals surface area contributed by atoms with Crippen molar-refractivity contribution in [3.63, 3.8) is 0 Å². The zero-order chi connectivity index (χ0) is 22.2. The van der Waals surface area contributed by atoms with Gasteiger partial charge in [-0.2, -0.15) is 0 Å². The lowest BCUT2D eigenvalue weighted by atomic mass is 10.0. The van der Waals surface area contributed by atoms with Crippen molar-refractivity contribution in [2.24, 2.45) is 0 Å². The first-order valence-electron chi connectivity index (χ1n) is 10.6. The van der Waals surface area contributed by atoms with Crippen molar-refractivity contribution in [3.05, 3.63) is 34.9 Å². The fraction of sp³-hybridized carbons (Fsp3) is 0.450. The normalized spacial score (nSPS) is 21.6. The maximum absolute atomic E-state index is 13.0.